The van der Waals surface area contributed by atoms with Crippen LogP contribution in [0.25, 0.3) is 10.8 Å². The number of alkyl halides is 3. The van der Waals surface area contributed by atoms with Gasteiger partial charge < -0.3 is 24.8 Å². The number of pyridine rings is 1. The van der Waals surface area contributed by atoms with Gasteiger partial charge in [-0.15, -0.1) is 0 Å². The van der Waals surface area contributed by atoms with Crippen LogP contribution in [0, 0.1) is 23.7 Å². The van der Waals surface area contributed by atoms with Crippen molar-refractivity contribution >= 4 is 44.6 Å². The Morgan fingerprint density at radius 3 is 2.52 bits per heavy atom. The smallest absolute Gasteiger partial charge is 0.422 e. The summed E-state index contributed by atoms with van der Waals surface area (Å²) in [6, 6.07) is 5.40. The number of carbonyl (C=O) groups is 4. The minimum Gasteiger partial charge on any atom is -0.477 e. The Balaban J connectivity index is 1.11. The van der Waals surface area contributed by atoms with Crippen LogP contribution in [0.15, 0.2) is 36.4 Å². The van der Waals surface area contributed by atoms with E-state index >= 15 is 0 Å². The third-order valence-corrected chi connectivity index (χ3v) is 14.8. The number of fused-ring (bicyclic) bond motifs is 3. The molecule has 1 saturated heterocycles. The van der Waals surface area contributed by atoms with Gasteiger partial charge >= 0.3 is 6.09 Å². The molecule has 7 atom stereocenters. The zero-order valence-corrected chi connectivity index (χ0v) is 36.5. The van der Waals surface area contributed by atoms with Gasteiger partial charge in [0.2, 0.25) is 39.5 Å². The maximum absolute atomic E-state index is 14.5. The van der Waals surface area contributed by atoms with E-state index in [0.29, 0.717) is 50.5 Å². The zero-order chi connectivity index (χ0) is 45.0. The number of carbonyl (C=O) groups excluding carboxylic acids is 4. The molecule has 15 nitrogen and oxygen atoms in total. The van der Waals surface area contributed by atoms with Crippen LogP contribution in [0.3, 0.4) is 0 Å². The minimum absolute atomic E-state index is 0.00639. The normalized spacial score (nSPS) is 23.6. The number of rotatable bonds is 19. The predicted octanol–water partition coefficient (Wildman–Crippen LogP) is 5.40. The van der Waals surface area contributed by atoms with Crippen LogP contribution in [0.1, 0.15) is 97.5 Å². The molecule has 3 heterocycles. The molecule has 2 aliphatic heterocycles. The predicted molar refractivity (Wildman–Crippen MR) is 223 cm³/mol. The Morgan fingerprint density at radius 2 is 1.84 bits per heavy atom. The number of aromatic nitrogens is 1. The van der Waals surface area contributed by atoms with Gasteiger partial charge in [0.15, 0.2) is 5.60 Å². The molecule has 1 aromatic carbocycles. The largest absolute Gasteiger partial charge is 0.477 e. The van der Waals surface area contributed by atoms with E-state index in [1.54, 1.807) is 6.92 Å². The number of primary amides is 1. The van der Waals surface area contributed by atoms with Crippen LogP contribution in [0.4, 0.5) is 18.0 Å². The number of nitrogens with two attached hydrogens (primary N) is 1. The molecule has 1 unspecified atom stereocenters. The van der Waals surface area contributed by atoms with Crippen molar-refractivity contribution in [3.05, 3.63) is 42.0 Å². The number of allylic oxidation sites excluding steroid dienone is 2. The highest BCUT2D eigenvalue weighted by molar-refractivity contribution is 7.91. The minimum atomic E-state index is -4.11. The second-order valence-electron chi connectivity index (χ2n) is 17.9. The Labute approximate surface area is 360 Å². The molecule has 2 saturated carbocycles. The molecular weight excluding hydrogens is 834 g/mol. The average molecular weight is 893 g/mol. The van der Waals surface area contributed by atoms with Gasteiger partial charge in [-0.3, -0.25) is 24.5 Å². The summed E-state index contributed by atoms with van der Waals surface area (Å²) in [5.41, 5.74) is 9.67. The standard InChI is InChI=1S/C43H59F3N6O9S/c1-25(11-5-6-12-27-13-9-16-29(27)36(54)51-62(57,58)43(24-44)18-19-43)21-26(2)34(49-50-41(56)61-42(3,4)40(45)46)39(55)52-23-28(22-33(52)35(47)53)60-38-32-15-8-7-14-30(32)31-17-10-20-59-37(31)48-38/h6-8,12,14-15,25-29,33-34,40,49H,5,9-11,13,16-24H2,1-4H3,(H2,47,53)(H,50,56)(H,51,54)/b12-6-/t25-,26+,27+,28+,29?,33-,34-/m0/s1. The summed E-state index contributed by atoms with van der Waals surface area (Å²) in [5.74, 6) is -2.38. The molecule has 4 amide bonds. The molecule has 1 aromatic heterocycles. The molecule has 4 aliphatic rings. The number of halogens is 3. The van der Waals surface area contributed by atoms with Crippen LogP contribution in [-0.2, 0) is 35.6 Å². The lowest BCUT2D eigenvalue weighted by molar-refractivity contribution is -0.140. The van der Waals surface area contributed by atoms with Crippen molar-refractivity contribution in [1.29, 1.82) is 0 Å². The fourth-order valence-electron chi connectivity index (χ4n) is 8.78. The number of hydrogen-bond donors (Lipinski definition) is 4. The number of aryl methyl sites for hydroxylation is 1. The van der Waals surface area contributed by atoms with Gasteiger partial charge in [-0.25, -0.2) is 31.8 Å². The molecular formula is C43H59F3N6O9S. The van der Waals surface area contributed by atoms with Crippen molar-refractivity contribution in [2.45, 2.75) is 133 Å². The molecule has 2 aromatic rings. The summed E-state index contributed by atoms with van der Waals surface area (Å²) in [6.07, 6.45) is 4.74. The molecule has 62 heavy (non-hydrogen) atoms. The first-order valence-corrected chi connectivity index (χ1v) is 23.0. The Kier molecular flexibility index (Phi) is 14.7. The van der Waals surface area contributed by atoms with Crippen molar-refractivity contribution in [3.63, 3.8) is 0 Å². The zero-order valence-electron chi connectivity index (χ0n) is 35.7. The summed E-state index contributed by atoms with van der Waals surface area (Å²) in [5, 5.41) is 1.69. The van der Waals surface area contributed by atoms with Gasteiger partial charge in [0.05, 0.1) is 13.2 Å². The van der Waals surface area contributed by atoms with Gasteiger partial charge in [-0.2, -0.15) is 4.98 Å². The van der Waals surface area contributed by atoms with Gasteiger partial charge in [0.1, 0.15) is 29.6 Å². The van der Waals surface area contributed by atoms with Crippen molar-refractivity contribution in [2.75, 3.05) is 19.8 Å². The summed E-state index contributed by atoms with van der Waals surface area (Å²) in [4.78, 5) is 59.1. The summed E-state index contributed by atoms with van der Waals surface area (Å²) >= 11 is 0. The van der Waals surface area contributed by atoms with Crippen LogP contribution >= 0.6 is 0 Å². The molecule has 0 radical (unpaired) electrons. The van der Waals surface area contributed by atoms with Crippen LogP contribution in [0.5, 0.6) is 11.8 Å². The number of nitrogens with one attached hydrogen (secondary N) is 3. The van der Waals surface area contributed by atoms with E-state index in [1.165, 1.54) is 4.90 Å². The number of sulfonamides is 1. The summed E-state index contributed by atoms with van der Waals surface area (Å²) < 4.78 is 83.7. The molecule has 5 N–H and O–H groups in total. The average Bonchev–Trinajstić information content (AvgIpc) is 3.71. The maximum atomic E-state index is 14.5. The molecule has 342 valence electrons. The van der Waals surface area contributed by atoms with Crippen molar-refractivity contribution < 1.29 is 55.0 Å². The van der Waals surface area contributed by atoms with Crippen molar-refractivity contribution in [3.8, 4) is 11.8 Å². The molecule has 2 aliphatic carbocycles. The van der Waals surface area contributed by atoms with E-state index in [4.69, 9.17) is 19.9 Å². The number of hydrogen-bond acceptors (Lipinski definition) is 11. The lowest BCUT2D eigenvalue weighted by atomic mass is 9.88. The quantitative estimate of drug-likeness (QED) is 0.104. The number of amides is 4. The third-order valence-electron chi connectivity index (χ3n) is 12.7. The SMILES string of the molecule is C[C@@H](CC/C=C\[C@@H]1CCCC1C(=O)NS(=O)(=O)C1(CF)CC1)C[C@@H](C)[C@H](NNC(=O)OC(C)(C)C(F)F)C(=O)N1C[C@H](Oc2nc3c(c4ccccc24)CCCO3)C[C@H]1C(N)=O. The highest BCUT2D eigenvalue weighted by Gasteiger charge is 2.56. The number of benzene rings is 1. The van der Waals surface area contributed by atoms with E-state index in [-0.39, 0.29) is 37.6 Å². The second kappa shape index (κ2) is 19.4. The lowest BCUT2D eigenvalue weighted by Crippen LogP contribution is -2.58. The van der Waals surface area contributed by atoms with Gasteiger partial charge in [-0.1, -0.05) is 50.6 Å². The van der Waals surface area contributed by atoms with Crippen LogP contribution < -0.4 is 30.8 Å². The number of likely N-dealkylation sites (tertiary alicyclic amines) is 1. The Morgan fingerprint density at radius 1 is 1.11 bits per heavy atom. The van der Waals surface area contributed by atoms with Crippen LogP contribution in [-0.4, -0.2) is 96.9 Å². The number of hydrazine groups is 1. The summed E-state index contributed by atoms with van der Waals surface area (Å²) in [6.45, 7) is 5.32. The fraction of sp³-hybridized carbons (Fsp3) is 0.651. The van der Waals surface area contributed by atoms with Gasteiger partial charge in [0, 0.05) is 23.3 Å². The van der Waals surface area contributed by atoms with E-state index in [1.807, 2.05) is 43.3 Å². The highest BCUT2D eigenvalue weighted by atomic mass is 32.2. The fourth-order valence-corrected chi connectivity index (χ4v) is 10.2. The molecule has 0 bridgehead atoms. The van der Waals surface area contributed by atoms with Crippen molar-refractivity contribution in [2.24, 2.45) is 29.4 Å². The third kappa shape index (κ3) is 10.6. The second-order valence-corrected chi connectivity index (χ2v) is 20.0. The number of nitrogens with zero attached hydrogens (tertiary/aromatic N) is 2. The first-order valence-electron chi connectivity index (χ1n) is 21.5. The van der Waals surface area contributed by atoms with E-state index in [9.17, 15) is 40.8 Å². The Hall–Kier alpha value is -4.65. The first-order chi connectivity index (χ1) is 29.4. The topological polar surface area (TPSA) is 208 Å². The maximum Gasteiger partial charge on any atom is 0.422 e. The van der Waals surface area contributed by atoms with Crippen LogP contribution in [0.2, 0.25) is 0 Å². The van der Waals surface area contributed by atoms with Gasteiger partial charge in [-0.05, 0) is 101 Å². The summed E-state index contributed by atoms with van der Waals surface area (Å²) in [7, 11) is -4.11. The van der Waals surface area contributed by atoms with Gasteiger partial charge in [0.25, 0.3) is 6.43 Å². The lowest BCUT2D eigenvalue weighted by Gasteiger charge is -2.32. The van der Waals surface area contributed by atoms with Crippen molar-refractivity contribution in [1.82, 2.24) is 25.5 Å². The number of ether oxygens (including phenoxy) is 3. The highest BCUT2D eigenvalue weighted by Crippen LogP contribution is 2.44. The Bertz CT molecular complexity index is 2120. The van der Waals surface area contributed by atoms with E-state index < -0.39 is 87.3 Å². The van der Waals surface area contributed by atoms with E-state index in [2.05, 4.69) is 20.6 Å². The first kappa shape index (κ1) is 46.8. The molecule has 3 fully saturated rings. The molecule has 6 rings (SSSR count). The molecule has 19 heteroatoms. The molecule has 0 spiro atoms. The van der Waals surface area contributed by atoms with E-state index in [0.717, 1.165) is 49.4 Å². The monoisotopic (exact) mass is 892 g/mol.